The Morgan fingerprint density at radius 3 is 2.54 bits per heavy atom. The second kappa shape index (κ2) is 7.27. The van der Waals surface area contributed by atoms with Gasteiger partial charge in [0, 0.05) is 18.9 Å². The molecule has 3 atom stereocenters. The smallest absolute Gasteiger partial charge is 0.325 e. The molecule has 1 aliphatic heterocycles. The van der Waals surface area contributed by atoms with Gasteiger partial charge in [0.05, 0.1) is 12.1 Å². The summed E-state index contributed by atoms with van der Waals surface area (Å²) in [5, 5.41) is 9.67. The molecule has 0 radical (unpaired) electrons. The molecule has 0 aromatic carbocycles. The van der Waals surface area contributed by atoms with Crippen molar-refractivity contribution in [1.82, 2.24) is 9.88 Å². The summed E-state index contributed by atoms with van der Waals surface area (Å²) in [6, 6.07) is 2.40. The van der Waals surface area contributed by atoms with Gasteiger partial charge in [-0.15, -0.1) is 0 Å². The molecule has 1 fully saturated rings. The van der Waals surface area contributed by atoms with Crippen molar-refractivity contribution in [3.8, 4) is 0 Å². The lowest BCUT2D eigenvalue weighted by Crippen LogP contribution is -2.56. The Morgan fingerprint density at radius 1 is 1.38 bits per heavy atom. The molecule has 0 bridgehead atoms. The topological polar surface area (TPSA) is 106 Å². The van der Waals surface area contributed by atoms with Gasteiger partial charge < -0.3 is 15.6 Å². The molecule has 1 aliphatic rings. The second-order valence-corrected chi connectivity index (χ2v) is 7.03. The number of carboxylic acids is 1. The number of rotatable bonds is 4. The van der Waals surface area contributed by atoms with Crippen molar-refractivity contribution in [2.24, 2.45) is 11.7 Å². The molecule has 7 heteroatoms. The van der Waals surface area contributed by atoms with Crippen LogP contribution < -0.4 is 5.73 Å². The number of pyridine rings is 1. The number of carbonyl (C=O) groups is 2. The van der Waals surface area contributed by atoms with Gasteiger partial charge in [0.1, 0.15) is 11.6 Å². The highest BCUT2D eigenvalue weighted by molar-refractivity contribution is 5.77. The molecule has 0 aliphatic carbocycles. The molecule has 3 N–H and O–H groups in total. The van der Waals surface area contributed by atoms with Gasteiger partial charge in [0.25, 0.3) is 0 Å². The molecular formula is C17H25N3O4. The average molecular weight is 335 g/mol. The van der Waals surface area contributed by atoms with E-state index in [2.05, 4.69) is 4.98 Å². The van der Waals surface area contributed by atoms with Crippen LogP contribution in [-0.2, 0) is 14.3 Å². The van der Waals surface area contributed by atoms with Crippen LogP contribution in [0.4, 0.5) is 0 Å². The Hall–Kier alpha value is -1.99. The van der Waals surface area contributed by atoms with Gasteiger partial charge in [-0.1, -0.05) is 0 Å². The summed E-state index contributed by atoms with van der Waals surface area (Å²) in [6.07, 6.45) is 3.67. The third kappa shape index (κ3) is 4.30. The average Bonchev–Trinajstić information content (AvgIpc) is 2.48. The molecule has 132 valence electrons. The summed E-state index contributed by atoms with van der Waals surface area (Å²) in [7, 11) is 0. The molecule has 1 aromatic rings. The number of aliphatic carboxylic acids is 1. The van der Waals surface area contributed by atoms with Crippen LogP contribution in [0.2, 0.25) is 0 Å². The Balaban J connectivity index is 2.23. The summed E-state index contributed by atoms with van der Waals surface area (Å²) >= 11 is 0. The van der Waals surface area contributed by atoms with Gasteiger partial charge in [0.15, 0.2) is 0 Å². The zero-order chi connectivity index (χ0) is 17.9. The Morgan fingerprint density at radius 2 is 2.00 bits per heavy atom. The highest BCUT2D eigenvalue weighted by Gasteiger charge is 2.41. The fourth-order valence-corrected chi connectivity index (χ4v) is 3.00. The number of likely N-dealkylation sites (tertiary alicyclic amines) is 1. The van der Waals surface area contributed by atoms with Crippen molar-refractivity contribution >= 4 is 11.9 Å². The standard InChI is InChI=1S/C17H25N3O4/c1-17(2,3)24-16(23)12-5-4-10-20(14(12)18)13(15(21)22)11-6-8-19-9-7-11/h6-9,12-14H,4-5,10,18H2,1-3H3,(H,21,22)/t12-,13-,14-/m0/s1. The number of piperidine rings is 1. The van der Waals surface area contributed by atoms with Gasteiger partial charge in [-0.3, -0.25) is 19.5 Å². The molecule has 2 rings (SSSR count). The first-order valence-corrected chi connectivity index (χ1v) is 8.07. The van der Waals surface area contributed by atoms with E-state index in [1.54, 1.807) is 50.2 Å². The Kier molecular flexibility index (Phi) is 5.56. The molecule has 24 heavy (non-hydrogen) atoms. The molecule has 0 amide bonds. The van der Waals surface area contributed by atoms with Crippen molar-refractivity contribution in [1.29, 1.82) is 0 Å². The second-order valence-electron chi connectivity index (χ2n) is 7.03. The minimum Gasteiger partial charge on any atom is -0.480 e. The number of aromatic nitrogens is 1. The van der Waals surface area contributed by atoms with E-state index < -0.39 is 29.7 Å². The van der Waals surface area contributed by atoms with Crippen LogP contribution in [-0.4, -0.2) is 45.2 Å². The number of esters is 1. The van der Waals surface area contributed by atoms with Crippen molar-refractivity contribution in [2.45, 2.75) is 51.4 Å². The summed E-state index contributed by atoms with van der Waals surface area (Å²) in [5.74, 6) is -1.92. The highest BCUT2D eigenvalue weighted by atomic mass is 16.6. The van der Waals surface area contributed by atoms with E-state index >= 15 is 0 Å². The monoisotopic (exact) mass is 335 g/mol. The summed E-state index contributed by atoms with van der Waals surface area (Å²) in [4.78, 5) is 29.8. The fraction of sp³-hybridized carbons (Fsp3) is 0.588. The first-order chi connectivity index (χ1) is 11.2. The van der Waals surface area contributed by atoms with Crippen LogP contribution in [0.15, 0.2) is 24.5 Å². The third-order valence-electron chi connectivity index (χ3n) is 4.02. The predicted molar refractivity (Wildman–Crippen MR) is 87.9 cm³/mol. The molecule has 0 spiro atoms. The van der Waals surface area contributed by atoms with Gasteiger partial charge >= 0.3 is 11.9 Å². The minimum absolute atomic E-state index is 0.376. The zero-order valence-corrected chi connectivity index (χ0v) is 14.3. The quantitative estimate of drug-likeness (QED) is 0.804. The number of carbonyl (C=O) groups excluding carboxylic acids is 1. The van der Waals surface area contributed by atoms with Crippen LogP contribution in [0.25, 0.3) is 0 Å². The van der Waals surface area contributed by atoms with Crippen LogP contribution in [0.5, 0.6) is 0 Å². The van der Waals surface area contributed by atoms with Gasteiger partial charge in [0.2, 0.25) is 0 Å². The minimum atomic E-state index is -0.999. The van der Waals surface area contributed by atoms with E-state index in [9.17, 15) is 14.7 Å². The van der Waals surface area contributed by atoms with Crippen LogP contribution in [0.3, 0.4) is 0 Å². The fourth-order valence-electron chi connectivity index (χ4n) is 3.00. The van der Waals surface area contributed by atoms with E-state index in [0.29, 0.717) is 24.9 Å². The molecule has 1 aromatic heterocycles. The number of nitrogens with two attached hydrogens (primary N) is 1. The van der Waals surface area contributed by atoms with Gasteiger partial charge in [-0.2, -0.15) is 0 Å². The predicted octanol–water partition coefficient (Wildman–Crippen LogP) is 1.55. The number of carboxylic acid groups (broad SMARTS) is 1. The van der Waals surface area contributed by atoms with E-state index in [1.165, 1.54) is 0 Å². The summed E-state index contributed by atoms with van der Waals surface area (Å²) in [6.45, 7) is 5.91. The lowest BCUT2D eigenvalue weighted by Gasteiger charge is -2.41. The number of ether oxygens (including phenoxy) is 1. The van der Waals surface area contributed by atoms with E-state index in [4.69, 9.17) is 10.5 Å². The van der Waals surface area contributed by atoms with Crippen molar-refractivity contribution in [3.63, 3.8) is 0 Å². The zero-order valence-electron chi connectivity index (χ0n) is 14.3. The number of nitrogens with zero attached hydrogens (tertiary/aromatic N) is 2. The molecule has 1 saturated heterocycles. The normalized spacial score (nSPS) is 23.5. The number of hydrogen-bond acceptors (Lipinski definition) is 6. The molecule has 7 nitrogen and oxygen atoms in total. The van der Waals surface area contributed by atoms with Crippen molar-refractivity contribution < 1.29 is 19.4 Å². The van der Waals surface area contributed by atoms with E-state index in [0.717, 1.165) is 0 Å². The van der Waals surface area contributed by atoms with Gasteiger partial charge in [-0.05, 0) is 51.3 Å². The summed E-state index contributed by atoms with van der Waals surface area (Å²) in [5.41, 5.74) is 6.26. The van der Waals surface area contributed by atoms with Crippen molar-refractivity contribution in [2.75, 3.05) is 6.54 Å². The lowest BCUT2D eigenvalue weighted by atomic mass is 9.91. The third-order valence-corrected chi connectivity index (χ3v) is 4.02. The van der Waals surface area contributed by atoms with Crippen LogP contribution in [0, 0.1) is 5.92 Å². The van der Waals surface area contributed by atoms with E-state index in [1.807, 2.05) is 0 Å². The first kappa shape index (κ1) is 18.4. The van der Waals surface area contributed by atoms with Crippen molar-refractivity contribution in [3.05, 3.63) is 30.1 Å². The molecular weight excluding hydrogens is 310 g/mol. The van der Waals surface area contributed by atoms with Gasteiger partial charge in [-0.25, -0.2) is 0 Å². The number of hydrogen-bond donors (Lipinski definition) is 2. The van der Waals surface area contributed by atoms with Crippen LogP contribution >= 0.6 is 0 Å². The maximum atomic E-state index is 12.4. The first-order valence-electron chi connectivity index (χ1n) is 8.07. The van der Waals surface area contributed by atoms with Crippen LogP contribution in [0.1, 0.15) is 45.2 Å². The highest BCUT2D eigenvalue weighted by Crippen LogP contribution is 2.31. The largest absolute Gasteiger partial charge is 0.480 e. The maximum absolute atomic E-state index is 12.4. The molecule has 2 heterocycles. The Labute approximate surface area is 141 Å². The Bertz CT molecular complexity index is 585. The molecule has 0 unspecified atom stereocenters. The lowest BCUT2D eigenvalue weighted by molar-refractivity contribution is -0.167. The SMILES string of the molecule is CC(C)(C)OC(=O)[C@H]1CCCN([C@H](C(=O)O)c2ccncc2)[C@@H]1N. The molecule has 0 saturated carbocycles. The summed E-state index contributed by atoms with van der Waals surface area (Å²) < 4.78 is 5.44. The van der Waals surface area contributed by atoms with E-state index in [-0.39, 0.29) is 5.97 Å². The maximum Gasteiger partial charge on any atom is 0.325 e.